The summed E-state index contributed by atoms with van der Waals surface area (Å²) in [6, 6.07) is 6.19. The molecule has 0 saturated carbocycles. The zero-order chi connectivity index (χ0) is 12.3. The fraction of sp³-hybridized carbons (Fsp3) is 0.222. The highest BCUT2D eigenvalue weighted by molar-refractivity contribution is 7.94. The lowest BCUT2D eigenvalue weighted by Crippen LogP contribution is -2.32. The number of halogens is 1. The van der Waals surface area contributed by atoms with E-state index in [1.165, 1.54) is 12.1 Å². The summed E-state index contributed by atoms with van der Waals surface area (Å²) >= 11 is 5.74. The van der Waals surface area contributed by atoms with E-state index in [0.29, 0.717) is 0 Å². The number of rotatable bonds is 4. The van der Waals surface area contributed by atoms with Crippen LogP contribution in [0.5, 0.6) is 0 Å². The molecule has 2 N–H and O–H groups in total. The van der Waals surface area contributed by atoms with Crippen molar-refractivity contribution in [2.24, 2.45) is 0 Å². The first kappa shape index (κ1) is 12.8. The van der Waals surface area contributed by atoms with Gasteiger partial charge in [-0.2, -0.15) is 0 Å². The van der Waals surface area contributed by atoms with Crippen molar-refractivity contribution in [3.8, 4) is 0 Å². The fourth-order valence-corrected chi connectivity index (χ4v) is 2.08. The van der Waals surface area contributed by atoms with Crippen LogP contribution in [0.4, 0.5) is 5.69 Å². The molecule has 1 aromatic carbocycles. The maximum atomic E-state index is 11.5. The summed E-state index contributed by atoms with van der Waals surface area (Å²) < 4.78 is 25.2. The molecule has 1 aromatic rings. The van der Waals surface area contributed by atoms with Gasteiger partial charge in [-0.3, -0.25) is 9.52 Å². The van der Waals surface area contributed by atoms with Gasteiger partial charge >= 0.3 is 5.97 Å². The first-order valence-corrected chi connectivity index (χ1v) is 6.26. The summed E-state index contributed by atoms with van der Waals surface area (Å²) in [5.41, 5.74) is 0.164. The molecular weight excluding hydrogens is 254 g/mol. The van der Waals surface area contributed by atoms with Crippen molar-refractivity contribution < 1.29 is 18.3 Å². The van der Waals surface area contributed by atoms with Crippen LogP contribution in [0.2, 0.25) is 5.02 Å². The molecule has 88 valence electrons. The first-order valence-electron chi connectivity index (χ1n) is 4.33. The molecule has 0 amide bonds. The minimum absolute atomic E-state index is 0.164. The van der Waals surface area contributed by atoms with E-state index in [1.807, 2.05) is 0 Å². The number of carboxylic acid groups (broad SMARTS) is 1. The summed E-state index contributed by atoms with van der Waals surface area (Å²) in [5.74, 6) is -1.42. The van der Waals surface area contributed by atoms with Gasteiger partial charge in [0.25, 0.3) is 0 Å². The average Bonchev–Trinajstić information content (AvgIpc) is 2.20. The Morgan fingerprint density at radius 1 is 1.44 bits per heavy atom. The molecule has 7 heteroatoms. The Morgan fingerprint density at radius 3 is 2.50 bits per heavy atom. The zero-order valence-electron chi connectivity index (χ0n) is 8.34. The molecule has 0 spiro atoms. The largest absolute Gasteiger partial charge is 0.480 e. The van der Waals surface area contributed by atoms with Crippen LogP contribution in [0.3, 0.4) is 0 Å². The highest BCUT2D eigenvalue weighted by atomic mass is 35.5. The van der Waals surface area contributed by atoms with Gasteiger partial charge in [0.15, 0.2) is 5.25 Å². The third-order valence-electron chi connectivity index (χ3n) is 1.94. The van der Waals surface area contributed by atoms with E-state index in [-0.39, 0.29) is 10.7 Å². The molecule has 1 unspecified atom stereocenters. The minimum atomic E-state index is -3.97. The smallest absolute Gasteiger partial charge is 0.323 e. The highest BCUT2D eigenvalue weighted by Gasteiger charge is 2.27. The van der Waals surface area contributed by atoms with Gasteiger partial charge in [-0.1, -0.05) is 23.7 Å². The molecular formula is C9H10ClNO4S. The van der Waals surface area contributed by atoms with Gasteiger partial charge < -0.3 is 5.11 Å². The van der Waals surface area contributed by atoms with Crippen molar-refractivity contribution >= 4 is 33.3 Å². The monoisotopic (exact) mass is 263 g/mol. The number of benzene rings is 1. The van der Waals surface area contributed by atoms with Crippen molar-refractivity contribution in [1.82, 2.24) is 0 Å². The van der Waals surface area contributed by atoms with Crippen LogP contribution in [0.1, 0.15) is 6.92 Å². The van der Waals surface area contributed by atoms with E-state index >= 15 is 0 Å². The van der Waals surface area contributed by atoms with Crippen molar-refractivity contribution in [2.75, 3.05) is 4.72 Å². The zero-order valence-corrected chi connectivity index (χ0v) is 9.92. The maximum Gasteiger partial charge on any atom is 0.323 e. The number of sulfonamides is 1. The number of aliphatic carboxylic acids is 1. The lowest BCUT2D eigenvalue weighted by atomic mass is 10.3. The van der Waals surface area contributed by atoms with Crippen LogP contribution in [0, 0.1) is 0 Å². The molecule has 1 rings (SSSR count). The van der Waals surface area contributed by atoms with E-state index < -0.39 is 21.2 Å². The minimum Gasteiger partial charge on any atom is -0.480 e. The van der Waals surface area contributed by atoms with Crippen LogP contribution >= 0.6 is 11.6 Å². The summed E-state index contributed by atoms with van der Waals surface area (Å²) in [7, 11) is -3.97. The van der Waals surface area contributed by atoms with E-state index in [4.69, 9.17) is 16.7 Å². The van der Waals surface area contributed by atoms with Crippen molar-refractivity contribution in [3.05, 3.63) is 29.3 Å². The Hall–Kier alpha value is -1.27. The number of anilines is 1. The Morgan fingerprint density at radius 2 is 2.00 bits per heavy atom. The van der Waals surface area contributed by atoms with Crippen molar-refractivity contribution in [2.45, 2.75) is 12.2 Å². The number of nitrogens with one attached hydrogen (secondary N) is 1. The van der Waals surface area contributed by atoms with E-state index in [1.54, 1.807) is 12.1 Å². The Bertz CT molecular complexity index is 500. The summed E-state index contributed by atoms with van der Waals surface area (Å²) in [6.45, 7) is 1.08. The Kier molecular flexibility index (Phi) is 3.77. The van der Waals surface area contributed by atoms with Gasteiger partial charge in [0.1, 0.15) is 0 Å². The molecule has 5 nitrogen and oxygen atoms in total. The van der Waals surface area contributed by atoms with E-state index in [0.717, 1.165) is 6.92 Å². The van der Waals surface area contributed by atoms with Crippen molar-refractivity contribution in [3.63, 3.8) is 0 Å². The normalized spacial score (nSPS) is 13.1. The van der Waals surface area contributed by atoms with Gasteiger partial charge in [-0.25, -0.2) is 8.42 Å². The number of hydrogen-bond acceptors (Lipinski definition) is 3. The van der Waals surface area contributed by atoms with Gasteiger partial charge in [-0.05, 0) is 19.1 Å². The van der Waals surface area contributed by atoms with Gasteiger partial charge in [0.05, 0.1) is 10.7 Å². The molecule has 0 aliphatic carbocycles. The van der Waals surface area contributed by atoms with Gasteiger partial charge in [0, 0.05) is 0 Å². The average molecular weight is 264 g/mol. The summed E-state index contributed by atoms with van der Waals surface area (Å²) in [6.07, 6.45) is 0. The lowest BCUT2D eigenvalue weighted by Gasteiger charge is -2.11. The fourth-order valence-electron chi connectivity index (χ4n) is 0.918. The molecule has 0 saturated heterocycles. The molecule has 0 aliphatic rings. The number of carbonyl (C=O) groups is 1. The molecule has 1 atom stereocenters. The summed E-state index contributed by atoms with van der Waals surface area (Å²) in [5, 5.41) is 7.29. The number of carboxylic acids is 1. The highest BCUT2D eigenvalue weighted by Crippen LogP contribution is 2.22. The standard InChI is InChI=1S/C9H10ClNO4S/c1-6(9(12)13)16(14,15)11-8-5-3-2-4-7(8)10/h2-6,11H,1H3,(H,12,13). The molecule has 0 fully saturated rings. The number of hydrogen-bond donors (Lipinski definition) is 2. The molecule has 16 heavy (non-hydrogen) atoms. The van der Waals surface area contributed by atoms with E-state index in [9.17, 15) is 13.2 Å². The predicted octanol–water partition coefficient (Wildman–Crippen LogP) is 1.55. The van der Waals surface area contributed by atoms with Crippen molar-refractivity contribution in [1.29, 1.82) is 0 Å². The molecule has 0 heterocycles. The maximum absolute atomic E-state index is 11.5. The third kappa shape index (κ3) is 2.86. The van der Waals surface area contributed by atoms with Crippen LogP contribution in [-0.2, 0) is 14.8 Å². The summed E-state index contributed by atoms with van der Waals surface area (Å²) in [4.78, 5) is 10.6. The molecule has 0 radical (unpaired) electrons. The second-order valence-electron chi connectivity index (χ2n) is 3.11. The van der Waals surface area contributed by atoms with E-state index in [2.05, 4.69) is 4.72 Å². The SMILES string of the molecule is CC(C(=O)O)S(=O)(=O)Nc1ccccc1Cl. The Balaban J connectivity index is 2.98. The molecule has 0 aromatic heterocycles. The second kappa shape index (κ2) is 4.71. The Labute approximate surface area is 98.1 Å². The lowest BCUT2D eigenvalue weighted by molar-refractivity contribution is -0.136. The topological polar surface area (TPSA) is 83.5 Å². The van der Waals surface area contributed by atoms with Gasteiger partial charge in [-0.15, -0.1) is 0 Å². The second-order valence-corrected chi connectivity index (χ2v) is 5.52. The van der Waals surface area contributed by atoms with Crippen LogP contribution in [-0.4, -0.2) is 24.7 Å². The molecule has 0 bridgehead atoms. The van der Waals surface area contributed by atoms with Crippen LogP contribution < -0.4 is 4.72 Å². The van der Waals surface area contributed by atoms with Gasteiger partial charge in [0.2, 0.25) is 10.0 Å². The third-order valence-corrected chi connectivity index (χ3v) is 3.91. The van der Waals surface area contributed by atoms with Crippen LogP contribution in [0.15, 0.2) is 24.3 Å². The predicted molar refractivity (Wildman–Crippen MR) is 61.1 cm³/mol. The number of para-hydroxylation sites is 1. The first-order chi connectivity index (χ1) is 7.34. The quantitative estimate of drug-likeness (QED) is 0.863. The molecule has 0 aliphatic heterocycles. The van der Waals surface area contributed by atoms with Crippen LogP contribution in [0.25, 0.3) is 0 Å².